The Labute approximate surface area is 297 Å². The third-order valence-electron chi connectivity index (χ3n) is 10.7. The summed E-state index contributed by atoms with van der Waals surface area (Å²) in [7, 11) is 0. The van der Waals surface area contributed by atoms with Crippen molar-refractivity contribution in [1.82, 2.24) is 4.57 Å². The van der Waals surface area contributed by atoms with Gasteiger partial charge in [0.2, 0.25) is 0 Å². The number of para-hydroxylation sites is 2. The van der Waals surface area contributed by atoms with Gasteiger partial charge in [-0.1, -0.05) is 152 Å². The SMILES string of the molecule is c1ccc(-n2c3ccccc3c3ccc(-c4ccc(Nc5ccc6c(c5)-c5ccccc5C6(c5ccccc5)c5ccccc5)cc4)cc32)cc1. The van der Waals surface area contributed by atoms with Gasteiger partial charge in [0.1, 0.15) is 0 Å². The Morgan fingerprint density at radius 3 is 1.69 bits per heavy atom. The van der Waals surface area contributed by atoms with Gasteiger partial charge in [-0.3, -0.25) is 0 Å². The van der Waals surface area contributed by atoms with Crippen LogP contribution < -0.4 is 5.32 Å². The molecule has 1 aliphatic rings. The lowest BCUT2D eigenvalue weighted by Gasteiger charge is -2.33. The van der Waals surface area contributed by atoms with E-state index >= 15 is 0 Å². The number of rotatable bonds is 6. The van der Waals surface area contributed by atoms with Gasteiger partial charge in [-0.25, -0.2) is 0 Å². The van der Waals surface area contributed by atoms with Crippen molar-refractivity contribution in [3.05, 3.63) is 222 Å². The van der Waals surface area contributed by atoms with E-state index in [9.17, 15) is 0 Å². The van der Waals surface area contributed by atoms with Gasteiger partial charge in [-0.2, -0.15) is 0 Å². The van der Waals surface area contributed by atoms with Crippen molar-refractivity contribution < 1.29 is 0 Å². The minimum Gasteiger partial charge on any atom is -0.356 e. The van der Waals surface area contributed by atoms with Crippen LogP contribution >= 0.6 is 0 Å². The smallest absolute Gasteiger partial charge is 0.0713 e. The number of nitrogens with one attached hydrogen (secondary N) is 1. The van der Waals surface area contributed by atoms with Gasteiger partial charge in [0, 0.05) is 27.8 Å². The number of anilines is 2. The molecular weight excluding hydrogens is 617 g/mol. The van der Waals surface area contributed by atoms with Crippen LogP contribution in [0.2, 0.25) is 0 Å². The van der Waals surface area contributed by atoms with Gasteiger partial charge in [0.05, 0.1) is 16.4 Å². The van der Waals surface area contributed by atoms with Crippen LogP contribution in [0.25, 0.3) is 49.7 Å². The molecule has 0 radical (unpaired) electrons. The van der Waals surface area contributed by atoms with E-state index in [1.807, 2.05) is 0 Å². The third-order valence-corrected chi connectivity index (χ3v) is 10.7. The molecule has 51 heavy (non-hydrogen) atoms. The van der Waals surface area contributed by atoms with Crippen molar-refractivity contribution in [2.45, 2.75) is 5.41 Å². The molecule has 2 nitrogen and oxygen atoms in total. The molecule has 0 saturated heterocycles. The van der Waals surface area contributed by atoms with Crippen LogP contribution in [-0.2, 0) is 5.41 Å². The summed E-state index contributed by atoms with van der Waals surface area (Å²) in [6.45, 7) is 0. The van der Waals surface area contributed by atoms with Crippen molar-refractivity contribution in [2.24, 2.45) is 0 Å². The van der Waals surface area contributed by atoms with E-state index in [2.05, 4.69) is 210 Å². The Morgan fingerprint density at radius 1 is 0.373 bits per heavy atom. The van der Waals surface area contributed by atoms with Gasteiger partial charge in [0.25, 0.3) is 0 Å². The summed E-state index contributed by atoms with van der Waals surface area (Å²) in [6.07, 6.45) is 0. The fourth-order valence-corrected chi connectivity index (χ4v) is 8.44. The average Bonchev–Trinajstić information content (AvgIpc) is 3.69. The Morgan fingerprint density at radius 2 is 0.941 bits per heavy atom. The van der Waals surface area contributed by atoms with Crippen molar-refractivity contribution in [2.75, 3.05) is 5.32 Å². The maximum Gasteiger partial charge on any atom is 0.0713 e. The highest BCUT2D eigenvalue weighted by Gasteiger charge is 2.45. The molecule has 0 spiro atoms. The average molecular weight is 651 g/mol. The minimum absolute atomic E-state index is 0.387. The van der Waals surface area contributed by atoms with Crippen molar-refractivity contribution in [1.29, 1.82) is 0 Å². The Balaban J connectivity index is 1.02. The molecule has 1 aliphatic carbocycles. The first-order chi connectivity index (χ1) is 25.3. The maximum absolute atomic E-state index is 3.72. The van der Waals surface area contributed by atoms with Crippen LogP contribution in [0.3, 0.4) is 0 Å². The second kappa shape index (κ2) is 11.8. The summed E-state index contributed by atoms with van der Waals surface area (Å²) in [5.74, 6) is 0. The normalized spacial score (nSPS) is 12.9. The monoisotopic (exact) mass is 650 g/mol. The highest BCUT2D eigenvalue weighted by Crippen LogP contribution is 2.56. The zero-order valence-electron chi connectivity index (χ0n) is 28.0. The maximum atomic E-state index is 3.72. The number of hydrogen-bond donors (Lipinski definition) is 1. The highest BCUT2D eigenvalue weighted by molar-refractivity contribution is 6.10. The van der Waals surface area contributed by atoms with Gasteiger partial charge >= 0.3 is 0 Å². The number of nitrogens with zero attached hydrogens (tertiary/aromatic N) is 1. The molecule has 0 amide bonds. The van der Waals surface area contributed by atoms with Gasteiger partial charge < -0.3 is 9.88 Å². The zero-order chi connectivity index (χ0) is 33.8. The lowest BCUT2D eigenvalue weighted by molar-refractivity contribution is 0.768. The van der Waals surface area contributed by atoms with E-state index in [0.717, 1.165) is 11.4 Å². The first kappa shape index (κ1) is 29.3. The number of hydrogen-bond acceptors (Lipinski definition) is 1. The zero-order valence-corrected chi connectivity index (χ0v) is 28.0. The van der Waals surface area contributed by atoms with E-state index in [4.69, 9.17) is 0 Å². The third kappa shape index (κ3) is 4.57. The van der Waals surface area contributed by atoms with E-state index in [1.54, 1.807) is 0 Å². The van der Waals surface area contributed by atoms with E-state index in [-0.39, 0.29) is 5.41 Å². The topological polar surface area (TPSA) is 17.0 Å². The van der Waals surface area contributed by atoms with Gasteiger partial charge in [-0.05, 0) is 93.0 Å². The van der Waals surface area contributed by atoms with Crippen molar-refractivity contribution >= 4 is 33.2 Å². The molecule has 0 aliphatic heterocycles. The summed E-state index contributed by atoms with van der Waals surface area (Å²) in [6, 6.07) is 72.7. The molecule has 10 rings (SSSR count). The van der Waals surface area contributed by atoms with Gasteiger partial charge in [0.15, 0.2) is 0 Å². The predicted molar refractivity (Wildman–Crippen MR) is 213 cm³/mol. The quantitative estimate of drug-likeness (QED) is 0.189. The van der Waals surface area contributed by atoms with E-state index in [0.29, 0.717) is 0 Å². The Kier molecular flexibility index (Phi) is 6.75. The van der Waals surface area contributed by atoms with E-state index < -0.39 is 0 Å². The largest absolute Gasteiger partial charge is 0.356 e. The molecule has 1 aromatic heterocycles. The van der Waals surface area contributed by atoms with Crippen LogP contribution in [-0.4, -0.2) is 4.57 Å². The summed E-state index contributed by atoms with van der Waals surface area (Å²) >= 11 is 0. The standard InChI is InChI=1S/C49H34N2/c1-4-14-36(15-5-1)49(37-16-6-2-7-17-37)45-22-12-10-20-41(45)44-33-39(29-31-46(44)49)50-38-27-24-34(25-28-38)35-26-30-43-42-21-11-13-23-47(42)51(48(43)32-35)40-18-8-3-9-19-40/h1-33,50H. The van der Waals surface area contributed by atoms with Crippen molar-refractivity contribution in [3.8, 4) is 27.9 Å². The van der Waals surface area contributed by atoms with E-state index in [1.165, 1.54) is 72.0 Å². The second-order valence-electron chi connectivity index (χ2n) is 13.4. The first-order valence-corrected chi connectivity index (χ1v) is 17.6. The molecule has 0 fully saturated rings. The summed E-state index contributed by atoms with van der Waals surface area (Å²) in [4.78, 5) is 0. The lowest BCUT2D eigenvalue weighted by atomic mass is 9.68. The molecule has 9 aromatic rings. The molecule has 0 unspecified atom stereocenters. The fourth-order valence-electron chi connectivity index (χ4n) is 8.44. The second-order valence-corrected chi connectivity index (χ2v) is 13.4. The van der Waals surface area contributed by atoms with Crippen LogP contribution in [0.1, 0.15) is 22.3 Å². The van der Waals surface area contributed by atoms with Crippen LogP contribution in [0.4, 0.5) is 11.4 Å². The number of aromatic nitrogens is 1. The number of fused-ring (bicyclic) bond motifs is 6. The molecule has 0 atom stereocenters. The number of benzene rings is 8. The van der Waals surface area contributed by atoms with Crippen LogP contribution in [0, 0.1) is 0 Å². The molecule has 2 heteroatoms. The molecule has 240 valence electrons. The molecule has 8 aromatic carbocycles. The Bertz CT molecular complexity index is 2650. The first-order valence-electron chi connectivity index (χ1n) is 17.6. The molecular formula is C49H34N2. The van der Waals surface area contributed by atoms with Crippen LogP contribution in [0.15, 0.2) is 200 Å². The predicted octanol–water partition coefficient (Wildman–Crippen LogP) is 12.6. The Hall–Kier alpha value is -6.64. The molecule has 1 N–H and O–H groups in total. The minimum atomic E-state index is -0.387. The summed E-state index contributed by atoms with van der Waals surface area (Å²) in [5, 5.41) is 6.25. The molecule has 0 bridgehead atoms. The highest BCUT2D eigenvalue weighted by atomic mass is 15.0. The molecule has 0 saturated carbocycles. The summed E-state index contributed by atoms with van der Waals surface area (Å²) < 4.78 is 2.38. The molecule has 1 heterocycles. The van der Waals surface area contributed by atoms with Crippen molar-refractivity contribution in [3.63, 3.8) is 0 Å². The lowest BCUT2D eigenvalue weighted by Crippen LogP contribution is -2.28. The van der Waals surface area contributed by atoms with Crippen LogP contribution in [0.5, 0.6) is 0 Å². The van der Waals surface area contributed by atoms with Gasteiger partial charge in [-0.15, -0.1) is 0 Å². The summed E-state index contributed by atoms with van der Waals surface area (Å²) in [5.41, 5.74) is 15.5. The fraction of sp³-hybridized carbons (Fsp3) is 0.0204.